The van der Waals surface area contributed by atoms with Crippen molar-refractivity contribution in [1.29, 1.82) is 0 Å². The number of hydrogen-bond acceptors (Lipinski definition) is 0. The molecule has 0 aromatic rings. The third kappa shape index (κ3) is 10.5. The molecular formula is C5H12BrClMg. The smallest absolute Gasteiger partial charge is 1.00 e. The molecule has 0 bridgehead atoms. The van der Waals surface area contributed by atoms with Gasteiger partial charge in [-0.1, -0.05) is 22.4 Å². The van der Waals surface area contributed by atoms with E-state index in [1.807, 2.05) is 0 Å². The molecule has 8 heavy (non-hydrogen) atoms. The molecule has 0 aliphatic rings. The van der Waals surface area contributed by atoms with Gasteiger partial charge in [-0.2, -0.15) is 0 Å². The van der Waals surface area contributed by atoms with E-state index in [1.54, 1.807) is 0 Å². The molecule has 0 atom stereocenters. The van der Waals surface area contributed by atoms with Crippen molar-refractivity contribution in [3.05, 3.63) is 0 Å². The molecule has 0 aromatic heterocycles. The zero-order valence-electron chi connectivity index (χ0n) is 7.00. The number of hydrogen-bond donors (Lipinski definition) is 0. The van der Waals surface area contributed by atoms with Crippen LogP contribution in [0.4, 0.5) is 0 Å². The Labute approximate surface area is 83.6 Å². The van der Waals surface area contributed by atoms with E-state index >= 15 is 0 Å². The van der Waals surface area contributed by atoms with Crippen LogP contribution in [0.2, 0.25) is 0 Å². The summed E-state index contributed by atoms with van der Waals surface area (Å²) < 4.78 is 0. The third-order valence-electron chi connectivity index (χ3n) is 0.767. The van der Waals surface area contributed by atoms with Gasteiger partial charge in [-0.15, -0.1) is 11.6 Å². The van der Waals surface area contributed by atoms with Crippen LogP contribution in [-0.2, 0) is 0 Å². The van der Waals surface area contributed by atoms with E-state index in [0.717, 1.165) is 17.6 Å². The normalized spacial score (nSPS) is 8.25. The summed E-state index contributed by atoms with van der Waals surface area (Å²) in [5.74, 6) is 0.813. The maximum Gasteiger partial charge on any atom is 2.00 e. The van der Waals surface area contributed by atoms with Crippen LogP contribution < -0.4 is 0 Å². The first-order valence-electron chi connectivity index (χ1n) is 2.53. The van der Waals surface area contributed by atoms with Gasteiger partial charge in [0.25, 0.3) is 0 Å². The monoisotopic (exact) mass is 210 g/mol. The topological polar surface area (TPSA) is 0 Å². The minimum absolute atomic E-state index is 0. The second-order valence-corrected chi connectivity index (χ2v) is 2.61. The molecule has 0 amide bonds. The van der Waals surface area contributed by atoms with Crippen LogP contribution in [-0.4, -0.2) is 34.3 Å². The maximum absolute atomic E-state index is 5.42. The van der Waals surface area contributed by atoms with Gasteiger partial charge in [0, 0.05) is 11.2 Å². The van der Waals surface area contributed by atoms with Crippen LogP contribution in [0, 0.1) is 0 Å². The van der Waals surface area contributed by atoms with Crippen molar-refractivity contribution in [1.82, 2.24) is 0 Å². The molecule has 0 aliphatic carbocycles. The summed E-state index contributed by atoms with van der Waals surface area (Å²) in [5.41, 5.74) is 0. The molecule has 0 saturated heterocycles. The zero-order chi connectivity index (χ0) is 5.54. The van der Waals surface area contributed by atoms with Crippen LogP contribution in [0.5, 0.6) is 0 Å². The largest absolute Gasteiger partial charge is 2.00 e. The van der Waals surface area contributed by atoms with E-state index in [4.69, 9.17) is 11.6 Å². The first-order valence-corrected chi connectivity index (χ1v) is 4.19. The fourth-order valence-corrected chi connectivity index (χ4v) is 0.951. The second-order valence-electron chi connectivity index (χ2n) is 1.44. The van der Waals surface area contributed by atoms with Gasteiger partial charge in [0.05, 0.1) is 0 Å². The molecule has 0 spiro atoms. The van der Waals surface area contributed by atoms with Gasteiger partial charge in [-0.05, 0) is 12.8 Å². The van der Waals surface area contributed by atoms with Gasteiger partial charge >= 0.3 is 23.1 Å². The Morgan fingerprint density at radius 3 is 2.25 bits per heavy atom. The van der Waals surface area contributed by atoms with E-state index < -0.39 is 0 Å². The molecule has 0 aromatic carbocycles. The van der Waals surface area contributed by atoms with Gasteiger partial charge in [0.15, 0.2) is 0 Å². The van der Waals surface area contributed by atoms with E-state index in [9.17, 15) is 0 Å². The Kier molecular flexibility index (Phi) is 17.4. The molecule has 0 rings (SSSR count). The predicted octanol–water partition coefficient (Wildman–Crippen LogP) is 2.63. The minimum Gasteiger partial charge on any atom is -1.00 e. The Morgan fingerprint density at radius 2 is 1.88 bits per heavy atom. The quantitative estimate of drug-likeness (QED) is 0.381. The van der Waals surface area contributed by atoms with Gasteiger partial charge < -0.3 is 2.85 Å². The van der Waals surface area contributed by atoms with Crippen molar-refractivity contribution >= 4 is 50.6 Å². The Morgan fingerprint density at radius 1 is 1.25 bits per heavy atom. The van der Waals surface area contributed by atoms with E-state index in [1.165, 1.54) is 12.8 Å². The van der Waals surface area contributed by atoms with Crippen molar-refractivity contribution < 1.29 is 2.85 Å². The number of unbranched alkanes of at least 4 members (excludes halogenated alkanes) is 2. The summed E-state index contributed by atoms with van der Waals surface area (Å²) in [4.78, 5) is 0. The minimum atomic E-state index is 0. The van der Waals surface area contributed by atoms with Crippen LogP contribution in [0.25, 0.3) is 0 Å². The fourth-order valence-electron chi connectivity index (χ4n) is 0.366. The predicted molar refractivity (Wildman–Crippen MR) is 46.3 cm³/mol. The van der Waals surface area contributed by atoms with Crippen molar-refractivity contribution in [2.24, 2.45) is 0 Å². The average Bonchev–Trinajstić information content (AvgIpc) is 1.69. The fraction of sp³-hybridized carbons (Fsp3) is 1.00. The van der Waals surface area contributed by atoms with Crippen LogP contribution >= 0.6 is 27.5 Å². The Bertz CT molecular complexity index is 38.8. The molecule has 0 fully saturated rings. The second kappa shape index (κ2) is 11.3. The Hall–Kier alpha value is 1.54. The van der Waals surface area contributed by atoms with Gasteiger partial charge in [0.2, 0.25) is 0 Å². The van der Waals surface area contributed by atoms with Gasteiger partial charge in [0.1, 0.15) is 0 Å². The molecule has 48 valence electrons. The average molecular weight is 212 g/mol. The van der Waals surface area contributed by atoms with E-state index in [0.29, 0.717) is 0 Å². The maximum atomic E-state index is 5.42. The number of alkyl halides is 2. The summed E-state index contributed by atoms with van der Waals surface area (Å²) in [6.07, 6.45) is 3.68. The van der Waals surface area contributed by atoms with Crippen LogP contribution in [0.3, 0.4) is 0 Å². The summed E-state index contributed by atoms with van der Waals surface area (Å²) in [6.45, 7) is 0. The molecule has 0 aliphatic heterocycles. The SMILES string of the molecule is ClCCCCCBr.[H-].[H-].[Mg+2]. The molecule has 0 nitrogen and oxygen atoms in total. The molecule has 0 unspecified atom stereocenters. The first-order chi connectivity index (χ1) is 3.41. The van der Waals surface area contributed by atoms with Crippen molar-refractivity contribution in [2.75, 3.05) is 11.2 Å². The number of rotatable bonds is 4. The zero-order valence-corrected chi connectivity index (χ0v) is 8.75. The third-order valence-corrected chi connectivity index (χ3v) is 1.60. The van der Waals surface area contributed by atoms with Crippen molar-refractivity contribution in [3.8, 4) is 0 Å². The molecular weight excluding hydrogens is 200 g/mol. The van der Waals surface area contributed by atoms with Gasteiger partial charge in [-0.25, -0.2) is 0 Å². The van der Waals surface area contributed by atoms with Crippen molar-refractivity contribution in [3.63, 3.8) is 0 Å². The van der Waals surface area contributed by atoms with Crippen LogP contribution in [0.15, 0.2) is 0 Å². The summed E-state index contributed by atoms with van der Waals surface area (Å²) >= 11 is 8.76. The van der Waals surface area contributed by atoms with Crippen LogP contribution in [0.1, 0.15) is 22.1 Å². The Balaban J connectivity index is -0.0000000600. The summed E-state index contributed by atoms with van der Waals surface area (Å²) in [5, 5.41) is 1.11. The van der Waals surface area contributed by atoms with E-state index in [2.05, 4.69) is 15.9 Å². The molecule has 0 saturated carbocycles. The van der Waals surface area contributed by atoms with E-state index in [-0.39, 0.29) is 25.9 Å². The summed E-state index contributed by atoms with van der Waals surface area (Å²) in [7, 11) is 0. The van der Waals surface area contributed by atoms with Gasteiger partial charge in [-0.3, -0.25) is 0 Å². The van der Waals surface area contributed by atoms with Crippen molar-refractivity contribution in [2.45, 2.75) is 19.3 Å². The standard InChI is InChI=1S/C5H10BrCl.Mg.2H/c6-4-2-1-3-5-7;;;/h1-5H2;;;/q;+2;2*-1. The number of halogens is 2. The molecule has 3 heteroatoms. The molecule has 0 N–H and O–H groups in total. The molecule has 0 heterocycles. The summed E-state index contributed by atoms with van der Waals surface area (Å²) in [6, 6.07) is 0. The molecule has 0 radical (unpaired) electrons. The first kappa shape index (κ1) is 12.2.